The molecule has 3 aliphatic rings. The Morgan fingerprint density at radius 2 is 1.32 bits per heavy atom. The Kier molecular flexibility index (Phi) is 17.9. The van der Waals surface area contributed by atoms with E-state index in [-0.39, 0.29) is 89.7 Å². The number of nitrogens with one attached hydrogen (secondary N) is 4. The molecule has 0 spiro atoms. The van der Waals surface area contributed by atoms with Gasteiger partial charge in [0.05, 0.1) is 71.7 Å². The molecule has 2 aromatic carbocycles. The molecular formula is C47H60FN9O7S5. The molecule has 4 N–H and O–H groups in total. The fourth-order valence-corrected chi connectivity index (χ4v) is 10.1. The number of nitrogens with zero attached hydrogens (tertiary/aromatic N) is 5. The van der Waals surface area contributed by atoms with Gasteiger partial charge in [-0.25, -0.2) is 23.9 Å². The third-order valence-electron chi connectivity index (χ3n) is 12.7. The van der Waals surface area contributed by atoms with Crippen molar-refractivity contribution in [2.45, 2.75) is 83.8 Å². The molecule has 3 aliphatic heterocycles. The number of halogens is 1. The van der Waals surface area contributed by atoms with Crippen LogP contribution >= 0.6 is 65.3 Å². The minimum absolute atomic E-state index is 0. The van der Waals surface area contributed by atoms with Gasteiger partial charge >= 0.3 is 12.2 Å². The number of imidazole rings is 2. The van der Waals surface area contributed by atoms with Crippen molar-refractivity contribution in [3.8, 4) is 39.5 Å². The van der Waals surface area contributed by atoms with Gasteiger partial charge in [-0.3, -0.25) is 14.2 Å². The van der Waals surface area contributed by atoms with Crippen LogP contribution in [0.2, 0.25) is 0 Å². The van der Waals surface area contributed by atoms with Crippen molar-refractivity contribution in [2.75, 3.05) is 27.3 Å². The minimum Gasteiger partial charge on any atom is -0.464 e. The average Bonchev–Trinajstić information content (AvgIpc) is 4.15. The molecular weight excluding hydrogens is 982 g/mol. The number of alkyl carbamates (subject to hydrolysis) is 2. The van der Waals surface area contributed by atoms with Gasteiger partial charge in [0.15, 0.2) is 0 Å². The normalized spacial score (nSPS) is 17.8. The van der Waals surface area contributed by atoms with Crippen LogP contribution in [-0.4, -0.2) is 97.7 Å². The van der Waals surface area contributed by atoms with Crippen LogP contribution in [0.3, 0.4) is 0 Å². The molecule has 0 bridgehead atoms. The maximum atomic E-state index is 16.7. The van der Waals surface area contributed by atoms with Crippen LogP contribution in [0.25, 0.3) is 44.7 Å². The SMILES string of the molecule is COC(=O)N[C@H](C(=O)N1CCC[C@H]1c1ncc(-c2cc(F)c3c(c2)OC(c2cccs2)n2c-3cc3cc(-c4cnc([C@@H]5CCCN5C(=O)[C@@H](NC(=O)OC)C(C)C)[nH]4)ccc32)[nH]1)C(C)C.S.S.S.S. The third-order valence-corrected chi connectivity index (χ3v) is 13.6. The molecule has 2 saturated heterocycles. The van der Waals surface area contributed by atoms with Gasteiger partial charge in [0, 0.05) is 29.6 Å². The molecule has 1 unspecified atom stereocenters. The van der Waals surface area contributed by atoms with E-state index in [0.29, 0.717) is 59.4 Å². The van der Waals surface area contributed by atoms with Crippen molar-refractivity contribution in [1.29, 1.82) is 0 Å². The molecule has 9 rings (SSSR count). The Morgan fingerprint density at radius 3 is 1.83 bits per heavy atom. The van der Waals surface area contributed by atoms with Crippen molar-refractivity contribution < 1.29 is 37.8 Å². The lowest BCUT2D eigenvalue weighted by Gasteiger charge is -2.30. The zero-order chi connectivity index (χ0) is 45.7. The topological polar surface area (TPSA) is 189 Å². The largest absolute Gasteiger partial charge is 0.464 e. The number of hydrogen-bond acceptors (Lipinski definition) is 10. The summed E-state index contributed by atoms with van der Waals surface area (Å²) in [6, 6.07) is 13.1. The van der Waals surface area contributed by atoms with E-state index >= 15 is 4.39 Å². The zero-order valence-corrected chi connectivity index (χ0v) is 43.8. The lowest BCUT2D eigenvalue weighted by atomic mass is 10.0. The number of H-pyrrole nitrogens is 2. The highest BCUT2D eigenvalue weighted by Gasteiger charge is 2.40. The minimum atomic E-state index is -0.768. The van der Waals surface area contributed by atoms with E-state index in [1.165, 1.54) is 20.3 Å². The number of rotatable bonds is 11. The Morgan fingerprint density at radius 1 is 0.768 bits per heavy atom. The standard InChI is InChI=1S/C47H52FN9O7S.4H2S/c1-24(2)39(53-46(60)62-5)43(58)55-15-7-10-33(55)41-49-22-30(51-41)26-13-14-32-28(18-26)20-35-38-29(48)19-27(21-36(38)64-45(57(32)35)37-12-9-17-65-37)31-23-50-42(52-31)34-11-8-16-56(34)44(59)40(25(3)4)54-47(61)63-6;;;;/h9,12-14,17-25,33-34,39-40,45H,7-8,10-11,15-16H2,1-6H3,(H,49,51)(H,50,52)(H,53,60)(H,54,61);4*1H2/t33-,34-,39-,40-,45?;;;;/m0..../s1. The number of thiophene rings is 1. The van der Waals surface area contributed by atoms with Crippen molar-refractivity contribution in [2.24, 2.45) is 11.8 Å². The number of likely N-dealkylation sites (tertiary alicyclic amines) is 2. The first kappa shape index (κ1) is 54.6. The molecule has 7 heterocycles. The lowest BCUT2D eigenvalue weighted by Crippen LogP contribution is -2.51. The van der Waals surface area contributed by atoms with Crippen LogP contribution in [0.5, 0.6) is 5.75 Å². The number of methoxy groups -OCH3 is 2. The summed E-state index contributed by atoms with van der Waals surface area (Å²) in [4.78, 5) is 72.4. The quantitative estimate of drug-likeness (QED) is 0.0984. The zero-order valence-electron chi connectivity index (χ0n) is 39.0. The summed E-state index contributed by atoms with van der Waals surface area (Å²) in [6.45, 7) is 8.56. The summed E-state index contributed by atoms with van der Waals surface area (Å²) >= 11 is 1.55. The van der Waals surface area contributed by atoms with E-state index in [1.807, 2.05) is 80.1 Å². The smallest absolute Gasteiger partial charge is 0.407 e. The maximum Gasteiger partial charge on any atom is 0.407 e. The van der Waals surface area contributed by atoms with E-state index in [1.54, 1.807) is 33.5 Å². The van der Waals surface area contributed by atoms with Gasteiger partial charge in [0.25, 0.3) is 0 Å². The molecule has 16 nitrogen and oxygen atoms in total. The molecule has 69 heavy (non-hydrogen) atoms. The van der Waals surface area contributed by atoms with Crippen LogP contribution in [-0.2, 0) is 19.1 Å². The second-order valence-corrected chi connectivity index (χ2v) is 18.4. The van der Waals surface area contributed by atoms with Gasteiger partial charge in [-0.05, 0) is 79.3 Å². The van der Waals surface area contributed by atoms with Gasteiger partial charge in [-0.2, -0.15) is 54.0 Å². The van der Waals surface area contributed by atoms with E-state index in [4.69, 9.17) is 19.2 Å². The van der Waals surface area contributed by atoms with Gasteiger partial charge in [0.2, 0.25) is 18.0 Å². The van der Waals surface area contributed by atoms with E-state index in [2.05, 4.69) is 25.6 Å². The van der Waals surface area contributed by atoms with Crippen LogP contribution in [0.1, 0.15) is 88.2 Å². The second-order valence-electron chi connectivity index (χ2n) is 17.4. The number of aromatic amines is 2. The third kappa shape index (κ3) is 10.5. The van der Waals surface area contributed by atoms with Gasteiger partial charge < -0.3 is 44.6 Å². The first-order valence-corrected chi connectivity index (χ1v) is 22.8. The van der Waals surface area contributed by atoms with Crippen LogP contribution in [0.4, 0.5) is 14.0 Å². The summed E-state index contributed by atoms with van der Waals surface area (Å²) in [5, 5.41) is 8.24. The summed E-state index contributed by atoms with van der Waals surface area (Å²) in [6.07, 6.45) is 4.48. The molecule has 22 heteroatoms. The lowest BCUT2D eigenvalue weighted by molar-refractivity contribution is -0.136. The molecule has 5 atom stereocenters. The van der Waals surface area contributed by atoms with Crippen LogP contribution in [0, 0.1) is 17.7 Å². The number of carbonyl (C=O) groups excluding carboxylic acids is 4. The highest BCUT2D eigenvalue weighted by atomic mass is 32.1. The summed E-state index contributed by atoms with van der Waals surface area (Å²) in [7, 11) is 2.54. The molecule has 0 saturated carbocycles. The number of amides is 4. The molecule has 4 amide bonds. The molecule has 0 aliphatic carbocycles. The highest BCUT2D eigenvalue weighted by Crippen LogP contribution is 2.48. The van der Waals surface area contributed by atoms with Crippen molar-refractivity contribution in [1.82, 2.24) is 44.9 Å². The van der Waals surface area contributed by atoms with Crippen molar-refractivity contribution >= 4 is 100 Å². The Hall–Kier alpha value is -5.29. The Labute approximate surface area is 431 Å². The summed E-state index contributed by atoms with van der Waals surface area (Å²) in [5.74, 6) is 0.426. The number of fused-ring (bicyclic) bond motifs is 5. The number of carbonyl (C=O) groups is 4. The average molecular weight is 1040 g/mol. The Bertz CT molecular complexity index is 2780. The summed E-state index contributed by atoms with van der Waals surface area (Å²) < 4.78 is 35.1. The monoisotopic (exact) mass is 1040 g/mol. The maximum absolute atomic E-state index is 16.7. The van der Waals surface area contributed by atoms with Gasteiger partial charge in [-0.15, -0.1) is 11.3 Å². The molecule has 4 aromatic heterocycles. The number of hydrogen-bond donors (Lipinski definition) is 4. The fraction of sp³-hybridized carbons (Fsp3) is 0.404. The number of aromatic nitrogens is 5. The van der Waals surface area contributed by atoms with Crippen LogP contribution in [0.15, 0.2) is 66.3 Å². The van der Waals surface area contributed by atoms with Crippen molar-refractivity contribution in [3.05, 3.63) is 88.6 Å². The van der Waals surface area contributed by atoms with E-state index < -0.39 is 36.3 Å². The van der Waals surface area contributed by atoms with Gasteiger partial charge in [0.1, 0.15) is 35.3 Å². The van der Waals surface area contributed by atoms with E-state index in [9.17, 15) is 19.2 Å². The predicted octanol–water partition coefficient (Wildman–Crippen LogP) is 8.77. The molecule has 2 fully saturated rings. The number of ether oxygens (including phenoxy) is 3. The van der Waals surface area contributed by atoms with E-state index in [0.717, 1.165) is 46.3 Å². The molecule has 372 valence electrons. The highest BCUT2D eigenvalue weighted by molar-refractivity contribution is 7.59. The second kappa shape index (κ2) is 22.6. The predicted molar refractivity (Wildman–Crippen MR) is 283 cm³/mol. The molecule has 6 aromatic rings. The first-order valence-electron chi connectivity index (χ1n) is 21.9. The van der Waals surface area contributed by atoms with Gasteiger partial charge in [-0.1, -0.05) is 39.8 Å². The number of benzene rings is 2. The Balaban J connectivity index is 0.00000222. The van der Waals surface area contributed by atoms with Crippen LogP contribution < -0.4 is 15.4 Å². The first-order chi connectivity index (χ1) is 31.3. The fourth-order valence-electron chi connectivity index (χ4n) is 9.41. The van der Waals surface area contributed by atoms with Crippen molar-refractivity contribution in [3.63, 3.8) is 0 Å². The molecule has 0 radical (unpaired) electrons. The summed E-state index contributed by atoms with van der Waals surface area (Å²) in [5.41, 5.74) is 4.60.